The summed E-state index contributed by atoms with van der Waals surface area (Å²) in [6.45, 7) is 0. The van der Waals surface area contributed by atoms with Gasteiger partial charge in [0, 0.05) is 18.4 Å². The molecule has 1 amide bonds. The molecule has 0 aromatic carbocycles. The van der Waals surface area contributed by atoms with E-state index in [2.05, 4.69) is 30.2 Å². The minimum Gasteiger partial charge on any atom is -0.348 e. The lowest BCUT2D eigenvalue weighted by atomic mass is 9.85. The molecule has 0 aliphatic heterocycles. The third kappa shape index (κ3) is 3.49. The van der Waals surface area contributed by atoms with Gasteiger partial charge in [0.2, 0.25) is 5.95 Å². The van der Waals surface area contributed by atoms with Gasteiger partial charge in [0.05, 0.1) is 12.2 Å². The number of aromatic amines is 1. The largest absolute Gasteiger partial charge is 0.391 e. The van der Waals surface area contributed by atoms with Crippen LogP contribution in [0.3, 0.4) is 0 Å². The Morgan fingerprint density at radius 1 is 1.22 bits per heavy atom. The average molecular weight is 379 g/mol. The van der Waals surface area contributed by atoms with Crippen molar-refractivity contribution in [1.82, 2.24) is 34.8 Å². The molecule has 2 N–H and O–H groups in total. The van der Waals surface area contributed by atoms with Crippen molar-refractivity contribution in [1.29, 1.82) is 0 Å². The van der Waals surface area contributed by atoms with Gasteiger partial charge in [-0.25, -0.2) is 15.0 Å². The molecule has 3 aromatic heterocycles. The summed E-state index contributed by atoms with van der Waals surface area (Å²) in [5.74, 6) is -1.53. The first-order chi connectivity index (χ1) is 12.9. The predicted octanol–water partition coefficient (Wildman–Crippen LogP) is 2.39. The number of alkyl halides is 3. The van der Waals surface area contributed by atoms with Gasteiger partial charge in [0.1, 0.15) is 11.8 Å². The van der Waals surface area contributed by atoms with E-state index in [9.17, 15) is 18.0 Å². The minimum atomic E-state index is -4.18. The smallest absolute Gasteiger partial charge is 0.348 e. The van der Waals surface area contributed by atoms with Crippen LogP contribution in [0.5, 0.6) is 0 Å². The molecule has 27 heavy (non-hydrogen) atoms. The van der Waals surface area contributed by atoms with Gasteiger partial charge in [0.25, 0.3) is 5.91 Å². The number of fused-ring (bicyclic) bond motifs is 1. The maximum atomic E-state index is 12.8. The standard InChI is InChI=1S/C16H16F3N7O/c17-16(18,19)9-1-3-10(4-2-9)23-14(27)12-11-13(22-7-21-11)25-15(24-12)26-6-5-20-8-26/h5-10H,1-4H2,(H,23,27)(H,21,22,24,25). The Labute approximate surface area is 151 Å². The summed E-state index contributed by atoms with van der Waals surface area (Å²) < 4.78 is 39.9. The van der Waals surface area contributed by atoms with Crippen LogP contribution in [0.4, 0.5) is 13.2 Å². The van der Waals surface area contributed by atoms with Crippen molar-refractivity contribution >= 4 is 17.1 Å². The number of amides is 1. The second kappa shape index (κ2) is 6.63. The number of halogens is 3. The number of hydrogen-bond donors (Lipinski definition) is 2. The van der Waals surface area contributed by atoms with Crippen LogP contribution in [0.25, 0.3) is 17.1 Å². The number of nitrogens with one attached hydrogen (secondary N) is 2. The lowest BCUT2D eigenvalue weighted by Crippen LogP contribution is -2.40. The highest BCUT2D eigenvalue weighted by Crippen LogP contribution is 2.37. The molecule has 0 bridgehead atoms. The third-order valence-electron chi connectivity index (χ3n) is 4.75. The van der Waals surface area contributed by atoms with Gasteiger partial charge in [-0.2, -0.15) is 18.2 Å². The average Bonchev–Trinajstić information content (AvgIpc) is 3.32. The van der Waals surface area contributed by atoms with Crippen molar-refractivity contribution in [3.8, 4) is 5.95 Å². The van der Waals surface area contributed by atoms with Crippen LogP contribution in [0.1, 0.15) is 36.2 Å². The quantitative estimate of drug-likeness (QED) is 0.728. The zero-order chi connectivity index (χ0) is 19.0. The van der Waals surface area contributed by atoms with Gasteiger partial charge in [-0.15, -0.1) is 0 Å². The minimum absolute atomic E-state index is 0.0119. The number of nitrogens with zero attached hydrogens (tertiary/aromatic N) is 5. The summed E-state index contributed by atoms with van der Waals surface area (Å²) in [5.41, 5.74) is 0.791. The van der Waals surface area contributed by atoms with Gasteiger partial charge >= 0.3 is 6.18 Å². The highest BCUT2D eigenvalue weighted by Gasteiger charge is 2.41. The van der Waals surface area contributed by atoms with Crippen LogP contribution in [-0.2, 0) is 0 Å². The molecule has 1 saturated carbocycles. The summed E-state index contributed by atoms with van der Waals surface area (Å²) in [7, 11) is 0. The Morgan fingerprint density at radius 3 is 2.67 bits per heavy atom. The Kier molecular flexibility index (Phi) is 4.28. The molecule has 0 radical (unpaired) electrons. The van der Waals surface area contributed by atoms with E-state index in [0.29, 0.717) is 11.2 Å². The van der Waals surface area contributed by atoms with Gasteiger partial charge in [-0.05, 0) is 25.7 Å². The number of carbonyl (C=O) groups is 1. The van der Waals surface area contributed by atoms with Crippen LogP contribution in [0.15, 0.2) is 25.0 Å². The van der Waals surface area contributed by atoms with Crippen molar-refractivity contribution in [2.24, 2.45) is 5.92 Å². The Hall–Kier alpha value is -2.98. The first-order valence-corrected chi connectivity index (χ1v) is 8.49. The molecule has 11 heteroatoms. The zero-order valence-electron chi connectivity index (χ0n) is 14.1. The number of aromatic nitrogens is 6. The number of H-pyrrole nitrogens is 1. The van der Waals surface area contributed by atoms with Gasteiger partial charge in [-0.1, -0.05) is 0 Å². The summed E-state index contributed by atoms with van der Waals surface area (Å²) in [4.78, 5) is 32.1. The Balaban J connectivity index is 1.54. The summed E-state index contributed by atoms with van der Waals surface area (Å²) in [6.07, 6.45) is 2.49. The summed E-state index contributed by atoms with van der Waals surface area (Å²) >= 11 is 0. The second-order valence-corrected chi connectivity index (χ2v) is 6.51. The summed E-state index contributed by atoms with van der Waals surface area (Å²) in [5, 5.41) is 2.79. The molecule has 0 saturated heterocycles. The maximum absolute atomic E-state index is 12.8. The van der Waals surface area contributed by atoms with Crippen molar-refractivity contribution in [2.45, 2.75) is 37.9 Å². The van der Waals surface area contributed by atoms with E-state index >= 15 is 0 Å². The number of rotatable bonds is 3. The van der Waals surface area contributed by atoms with Crippen molar-refractivity contribution in [3.05, 3.63) is 30.7 Å². The van der Waals surface area contributed by atoms with E-state index in [1.54, 1.807) is 17.0 Å². The fraction of sp³-hybridized carbons (Fsp3) is 0.438. The molecule has 0 spiro atoms. The monoisotopic (exact) mass is 379 g/mol. The lowest BCUT2D eigenvalue weighted by Gasteiger charge is -2.30. The topological polar surface area (TPSA) is 101 Å². The fourth-order valence-electron chi connectivity index (χ4n) is 3.30. The number of carbonyl (C=O) groups excluding carboxylic acids is 1. The third-order valence-corrected chi connectivity index (χ3v) is 4.75. The molecule has 0 atom stereocenters. The molecular formula is C16H16F3N7O. The highest BCUT2D eigenvalue weighted by atomic mass is 19.4. The molecule has 4 rings (SSSR count). The van der Waals surface area contributed by atoms with Crippen LogP contribution < -0.4 is 5.32 Å². The van der Waals surface area contributed by atoms with E-state index < -0.39 is 18.0 Å². The molecule has 0 unspecified atom stereocenters. The first kappa shape index (κ1) is 17.4. The lowest BCUT2D eigenvalue weighted by molar-refractivity contribution is -0.182. The van der Waals surface area contributed by atoms with Crippen LogP contribution in [-0.4, -0.2) is 47.6 Å². The van der Waals surface area contributed by atoms with E-state index in [1.165, 1.54) is 12.7 Å². The van der Waals surface area contributed by atoms with Crippen LogP contribution >= 0.6 is 0 Å². The van der Waals surface area contributed by atoms with Gasteiger partial charge in [0.15, 0.2) is 11.3 Å². The van der Waals surface area contributed by atoms with E-state index in [4.69, 9.17) is 0 Å². The van der Waals surface area contributed by atoms with Crippen LogP contribution in [0, 0.1) is 5.92 Å². The van der Waals surface area contributed by atoms with E-state index in [-0.39, 0.29) is 43.4 Å². The zero-order valence-corrected chi connectivity index (χ0v) is 14.1. The van der Waals surface area contributed by atoms with Gasteiger partial charge < -0.3 is 10.3 Å². The van der Waals surface area contributed by atoms with Crippen molar-refractivity contribution in [2.75, 3.05) is 0 Å². The van der Waals surface area contributed by atoms with Gasteiger partial charge in [-0.3, -0.25) is 9.36 Å². The molecule has 1 aliphatic rings. The molecule has 8 nitrogen and oxygen atoms in total. The van der Waals surface area contributed by atoms with E-state index in [0.717, 1.165) is 0 Å². The Bertz CT molecular complexity index is 943. The SMILES string of the molecule is O=C(NC1CCC(C(F)(F)F)CC1)c1nc(-n2ccnc2)nc2nc[nH]c12. The molecule has 142 valence electrons. The predicted molar refractivity (Wildman–Crippen MR) is 88.1 cm³/mol. The highest BCUT2D eigenvalue weighted by molar-refractivity contribution is 6.02. The molecule has 3 aromatic rings. The van der Waals surface area contributed by atoms with Crippen molar-refractivity contribution in [3.63, 3.8) is 0 Å². The second-order valence-electron chi connectivity index (χ2n) is 6.51. The molecule has 3 heterocycles. The molecule has 1 fully saturated rings. The van der Waals surface area contributed by atoms with E-state index in [1.807, 2.05) is 0 Å². The molecule has 1 aliphatic carbocycles. The first-order valence-electron chi connectivity index (χ1n) is 8.49. The van der Waals surface area contributed by atoms with Crippen LogP contribution in [0.2, 0.25) is 0 Å². The number of hydrogen-bond acceptors (Lipinski definition) is 5. The van der Waals surface area contributed by atoms with Crippen molar-refractivity contribution < 1.29 is 18.0 Å². The Morgan fingerprint density at radius 2 is 2.00 bits per heavy atom. The fourth-order valence-corrected chi connectivity index (χ4v) is 3.30. The normalized spacial score (nSPS) is 20.7. The maximum Gasteiger partial charge on any atom is 0.391 e. The number of imidazole rings is 2. The summed E-state index contributed by atoms with van der Waals surface area (Å²) in [6, 6.07) is -0.319. The molecular weight excluding hydrogens is 363 g/mol.